The Hall–Kier alpha value is -2.09. The second-order valence-corrected chi connectivity index (χ2v) is 5.89. The molecule has 110 valence electrons. The zero-order valence-electron chi connectivity index (χ0n) is 13.1. The topological polar surface area (TPSA) is 37.3 Å². The summed E-state index contributed by atoms with van der Waals surface area (Å²) in [6, 6.07) is 12.2. The predicted octanol–water partition coefficient (Wildman–Crippen LogP) is 4.33. The first kappa shape index (κ1) is 15.3. The summed E-state index contributed by atoms with van der Waals surface area (Å²) < 4.78 is 0. The molecule has 0 amide bonds. The summed E-state index contributed by atoms with van der Waals surface area (Å²) in [4.78, 5) is 11.8. The van der Waals surface area contributed by atoms with Gasteiger partial charge in [0.15, 0.2) is 0 Å². The maximum absolute atomic E-state index is 11.8. The Balaban J connectivity index is 2.40. The number of carboxylic acid groups (broad SMARTS) is 1. The molecule has 2 aromatic rings. The van der Waals surface area contributed by atoms with Crippen LogP contribution in [0.4, 0.5) is 0 Å². The zero-order chi connectivity index (χ0) is 15.6. The minimum Gasteiger partial charge on any atom is -0.481 e. The van der Waals surface area contributed by atoms with Crippen molar-refractivity contribution in [2.24, 2.45) is 0 Å². The average molecular weight is 282 g/mol. The fourth-order valence-electron chi connectivity index (χ4n) is 3.01. The summed E-state index contributed by atoms with van der Waals surface area (Å²) in [5.74, 6) is -1.25. The van der Waals surface area contributed by atoms with Crippen molar-refractivity contribution < 1.29 is 9.90 Å². The van der Waals surface area contributed by atoms with Crippen molar-refractivity contribution in [3.05, 3.63) is 69.8 Å². The van der Waals surface area contributed by atoms with E-state index in [0.717, 1.165) is 22.3 Å². The Kier molecular flexibility index (Phi) is 4.46. The third-order valence-corrected chi connectivity index (χ3v) is 3.95. The van der Waals surface area contributed by atoms with Gasteiger partial charge in [-0.2, -0.15) is 0 Å². The molecule has 21 heavy (non-hydrogen) atoms. The predicted molar refractivity (Wildman–Crippen MR) is 85.9 cm³/mol. The highest BCUT2D eigenvalue weighted by Gasteiger charge is 2.24. The van der Waals surface area contributed by atoms with Gasteiger partial charge in [-0.3, -0.25) is 4.79 Å². The van der Waals surface area contributed by atoms with Crippen molar-refractivity contribution in [2.75, 3.05) is 0 Å². The van der Waals surface area contributed by atoms with Gasteiger partial charge in [-0.1, -0.05) is 47.5 Å². The molecule has 1 N–H and O–H groups in total. The zero-order valence-corrected chi connectivity index (χ0v) is 13.1. The Labute approximate surface area is 126 Å². The van der Waals surface area contributed by atoms with Crippen LogP contribution in [0.1, 0.15) is 39.3 Å². The normalized spacial score (nSPS) is 12.2. The lowest BCUT2D eigenvalue weighted by Crippen LogP contribution is -2.17. The third kappa shape index (κ3) is 3.52. The molecule has 2 nitrogen and oxygen atoms in total. The van der Waals surface area contributed by atoms with E-state index >= 15 is 0 Å². The van der Waals surface area contributed by atoms with Crippen LogP contribution in [0.3, 0.4) is 0 Å². The molecule has 0 aliphatic heterocycles. The van der Waals surface area contributed by atoms with E-state index in [4.69, 9.17) is 0 Å². The van der Waals surface area contributed by atoms with Crippen LogP contribution in [0, 0.1) is 27.7 Å². The summed E-state index contributed by atoms with van der Waals surface area (Å²) in [5.41, 5.74) is 6.50. The Morgan fingerprint density at radius 1 is 0.952 bits per heavy atom. The first-order chi connectivity index (χ1) is 9.88. The molecule has 0 aliphatic rings. The van der Waals surface area contributed by atoms with Gasteiger partial charge in [0.25, 0.3) is 0 Å². The number of rotatable bonds is 4. The molecule has 0 saturated heterocycles. The molecule has 0 radical (unpaired) electrons. The number of aryl methyl sites for hydroxylation is 4. The Morgan fingerprint density at radius 3 is 1.95 bits per heavy atom. The molecule has 0 aliphatic carbocycles. The lowest BCUT2D eigenvalue weighted by Gasteiger charge is -2.19. The van der Waals surface area contributed by atoms with Gasteiger partial charge in [-0.15, -0.1) is 0 Å². The van der Waals surface area contributed by atoms with Gasteiger partial charge in [0.2, 0.25) is 0 Å². The fraction of sp³-hybridized carbons (Fsp3) is 0.316. The van der Waals surface area contributed by atoms with Gasteiger partial charge < -0.3 is 5.11 Å². The van der Waals surface area contributed by atoms with Crippen LogP contribution < -0.4 is 0 Å². The summed E-state index contributed by atoms with van der Waals surface area (Å²) in [6.45, 7) is 8.08. The number of benzene rings is 2. The van der Waals surface area contributed by atoms with Gasteiger partial charge in [0.1, 0.15) is 0 Å². The molecule has 1 atom stereocenters. The first-order valence-electron chi connectivity index (χ1n) is 7.24. The first-order valence-corrected chi connectivity index (χ1v) is 7.24. The average Bonchev–Trinajstić information content (AvgIpc) is 2.38. The Morgan fingerprint density at radius 2 is 1.48 bits per heavy atom. The van der Waals surface area contributed by atoms with E-state index in [1.807, 2.05) is 52.0 Å². The van der Waals surface area contributed by atoms with Crippen LogP contribution in [0.2, 0.25) is 0 Å². The van der Waals surface area contributed by atoms with E-state index in [1.165, 1.54) is 11.1 Å². The van der Waals surface area contributed by atoms with E-state index in [-0.39, 0.29) is 0 Å². The van der Waals surface area contributed by atoms with E-state index < -0.39 is 11.9 Å². The van der Waals surface area contributed by atoms with E-state index in [9.17, 15) is 9.90 Å². The van der Waals surface area contributed by atoms with Crippen LogP contribution in [0.25, 0.3) is 0 Å². The lowest BCUT2D eigenvalue weighted by atomic mass is 9.85. The van der Waals surface area contributed by atoms with Crippen LogP contribution in [0.15, 0.2) is 36.4 Å². The molecule has 0 spiro atoms. The standard InChI is InChI=1S/C19H22O2/c1-12-5-7-16(8-6-12)11-17(19(20)21)18-14(3)9-13(2)10-15(18)4/h5-10,17H,11H2,1-4H3,(H,20,21). The van der Waals surface area contributed by atoms with Crippen molar-refractivity contribution in [3.8, 4) is 0 Å². The number of hydrogen-bond acceptors (Lipinski definition) is 1. The second-order valence-electron chi connectivity index (χ2n) is 5.89. The lowest BCUT2D eigenvalue weighted by molar-refractivity contribution is -0.138. The maximum Gasteiger partial charge on any atom is 0.311 e. The number of carbonyl (C=O) groups is 1. The molecule has 2 aromatic carbocycles. The number of carboxylic acids is 1. The van der Waals surface area contributed by atoms with Crippen molar-refractivity contribution >= 4 is 5.97 Å². The van der Waals surface area contributed by atoms with E-state index in [1.54, 1.807) is 0 Å². The molecule has 2 heteroatoms. The molecule has 0 fully saturated rings. The maximum atomic E-state index is 11.8. The fourth-order valence-corrected chi connectivity index (χ4v) is 3.01. The molecular weight excluding hydrogens is 260 g/mol. The van der Waals surface area contributed by atoms with Crippen LogP contribution in [-0.4, -0.2) is 11.1 Å². The van der Waals surface area contributed by atoms with Crippen LogP contribution in [-0.2, 0) is 11.2 Å². The largest absolute Gasteiger partial charge is 0.481 e. The van der Waals surface area contributed by atoms with Crippen LogP contribution in [0.5, 0.6) is 0 Å². The highest BCUT2D eigenvalue weighted by atomic mass is 16.4. The van der Waals surface area contributed by atoms with Gasteiger partial charge in [0.05, 0.1) is 5.92 Å². The van der Waals surface area contributed by atoms with E-state index in [0.29, 0.717) is 6.42 Å². The quantitative estimate of drug-likeness (QED) is 0.906. The molecule has 0 bridgehead atoms. The van der Waals surface area contributed by atoms with Gasteiger partial charge >= 0.3 is 5.97 Å². The smallest absolute Gasteiger partial charge is 0.311 e. The van der Waals surface area contributed by atoms with Gasteiger partial charge in [-0.05, 0) is 56.4 Å². The Bertz CT molecular complexity index is 631. The van der Waals surface area contributed by atoms with Crippen molar-refractivity contribution in [2.45, 2.75) is 40.0 Å². The summed E-state index contributed by atoms with van der Waals surface area (Å²) >= 11 is 0. The third-order valence-electron chi connectivity index (χ3n) is 3.95. The van der Waals surface area contributed by atoms with Gasteiger partial charge in [-0.25, -0.2) is 0 Å². The summed E-state index contributed by atoms with van der Waals surface area (Å²) in [7, 11) is 0. The van der Waals surface area contributed by atoms with Gasteiger partial charge in [0, 0.05) is 0 Å². The van der Waals surface area contributed by atoms with Crippen molar-refractivity contribution in [1.29, 1.82) is 0 Å². The highest BCUT2D eigenvalue weighted by Crippen LogP contribution is 2.28. The molecular formula is C19H22O2. The minimum atomic E-state index is -0.759. The number of hydrogen-bond donors (Lipinski definition) is 1. The summed E-state index contributed by atoms with van der Waals surface area (Å²) in [5, 5.41) is 9.66. The molecule has 2 rings (SSSR count). The second kappa shape index (κ2) is 6.13. The van der Waals surface area contributed by atoms with Crippen LogP contribution >= 0.6 is 0 Å². The minimum absolute atomic E-state index is 0.492. The molecule has 0 heterocycles. The molecule has 0 saturated carbocycles. The van der Waals surface area contributed by atoms with E-state index in [2.05, 4.69) is 12.1 Å². The number of aliphatic carboxylic acids is 1. The molecule has 1 unspecified atom stereocenters. The van der Waals surface area contributed by atoms with Crippen molar-refractivity contribution in [1.82, 2.24) is 0 Å². The highest BCUT2D eigenvalue weighted by molar-refractivity contribution is 5.78. The van der Waals surface area contributed by atoms with Crippen molar-refractivity contribution in [3.63, 3.8) is 0 Å². The molecule has 0 aromatic heterocycles. The summed E-state index contributed by atoms with van der Waals surface area (Å²) in [6.07, 6.45) is 0.528. The monoisotopic (exact) mass is 282 g/mol. The SMILES string of the molecule is Cc1ccc(CC(C(=O)O)c2c(C)cc(C)cc2C)cc1.